The zero-order valence-corrected chi connectivity index (χ0v) is 16.2. The van der Waals surface area contributed by atoms with Crippen LogP contribution in [0.15, 0.2) is 31.8 Å². The van der Waals surface area contributed by atoms with Gasteiger partial charge in [0.05, 0.1) is 13.6 Å². The molecule has 2 rings (SSSR count). The minimum atomic E-state index is -0.200. The molecule has 0 fully saturated rings. The average molecular weight is 519 g/mol. The van der Waals surface area contributed by atoms with E-state index in [0.717, 1.165) is 23.3 Å². The van der Waals surface area contributed by atoms with E-state index in [4.69, 9.17) is 0 Å². The normalized spacial score (nSPS) is 12.7. The van der Waals surface area contributed by atoms with Crippen LogP contribution in [0.4, 0.5) is 4.39 Å². The van der Waals surface area contributed by atoms with Gasteiger partial charge in [0.15, 0.2) is 0 Å². The third kappa shape index (κ3) is 3.78. The number of hydrogen-bond donors (Lipinski definition) is 1. The Hall–Kier alpha value is 0.500. The van der Waals surface area contributed by atoms with Gasteiger partial charge in [0, 0.05) is 3.57 Å². The predicted octanol–water partition coefficient (Wildman–Crippen LogP) is 5.72. The number of benzene rings is 1. The molecule has 0 amide bonds. The Bertz CT molecular complexity index is 588. The molecule has 1 aromatic heterocycles. The second kappa shape index (κ2) is 6.98. The lowest BCUT2D eigenvalue weighted by atomic mass is 10.0. The molecule has 1 N–H and O–H groups in total. The second-order valence-electron chi connectivity index (χ2n) is 3.94. The third-order valence-electron chi connectivity index (χ3n) is 2.68. The molecule has 0 aliphatic rings. The first-order chi connectivity index (χ1) is 9.02. The summed E-state index contributed by atoms with van der Waals surface area (Å²) in [7, 11) is 0. The van der Waals surface area contributed by atoms with Gasteiger partial charge < -0.3 is 5.32 Å². The predicted molar refractivity (Wildman–Crippen MR) is 94.4 cm³/mol. The van der Waals surface area contributed by atoms with Crippen LogP contribution in [0, 0.1) is 9.39 Å². The molecule has 6 heteroatoms. The fraction of sp³-hybridized carbons (Fsp3) is 0.231. The first kappa shape index (κ1) is 15.9. The fourth-order valence-corrected chi connectivity index (χ4v) is 5.57. The minimum Gasteiger partial charge on any atom is -0.306 e. The molecule has 1 aromatic carbocycles. The Balaban J connectivity index is 2.48. The second-order valence-corrected chi connectivity index (χ2v) is 8.85. The zero-order valence-electron chi connectivity index (χ0n) is 10.0. The van der Waals surface area contributed by atoms with Crippen molar-refractivity contribution in [2.45, 2.75) is 13.0 Å². The molecule has 0 saturated heterocycles. The molecule has 0 saturated carbocycles. The van der Waals surface area contributed by atoms with E-state index in [9.17, 15) is 4.39 Å². The zero-order chi connectivity index (χ0) is 14.0. The Morgan fingerprint density at radius 1 is 1.32 bits per heavy atom. The molecular formula is C13H11Br2FINS. The van der Waals surface area contributed by atoms with Crippen molar-refractivity contribution in [2.75, 3.05) is 6.54 Å². The molecular weight excluding hydrogens is 508 g/mol. The van der Waals surface area contributed by atoms with E-state index in [-0.39, 0.29) is 11.9 Å². The van der Waals surface area contributed by atoms with Gasteiger partial charge >= 0.3 is 0 Å². The summed E-state index contributed by atoms with van der Waals surface area (Å²) in [6.45, 7) is 2.91. The van der Waals surface area contributed by atoms with Crippen LogP contribution in [-0.2, 0) is 0 Å². The molecule has 102 valence electrons. The Labute approximate surface area is 146 Å². The van der Waals surface area contributed by atoms with Crippen molar-refractivity contribution in [3.8, 4) is 0 Å². The number of thiophene rings is 1. The van der Waals surface area contributed by atoms with Crippen LogP contribution < -0.4 is 5.32 Å². The maximum absolute atomic E-state index is 13.2. The summed E-state index contributed by atoms with van der Waals surface area (Å²) in [4.78, 5) is 0. The van der Waals surface area contributed by atoms with Gasteiger partial charge in [0.1, 0.15) is 5.82 Å². The summed E-state index contributed by atoms with van der Waals surface area (Å²) < 4.78 is 16.3. The summed E-state index contributed by atoms with van der Waals surface area (Å²) in [6.07, 6.45) is 0. The van der Waals surface area contributed by atoms with Gasteiger partial charge in [-0.25, -0.2) is 4.39 Å². The van der Waals surface area contributed by atoms with Crippen molar-refractivity contribution >= 4 is 65.8 Å². The van der Waals surface area contributed by atoms with Crippen molar-refractivity contribution in [1.82, 2.24) is 5.32 Å². The highest BCUT2D eigenvalue weighted by molar-refractivity contribution is 14.1. The molecule has 1 nitrogen and oxygen atoms in total. The van der Waals surface area contributed by atoms with E-state index in [1.807, 2.05) is 6.07 Å². The number of nitrogens with one attached hydrogen (secondary N) is 1. The van der Waals surface area contributed by atoms with E-state index in [2.05, 4.69) is 72.8 Å². The van der Waals surface area contributed by atoms with Gasteiger partial charge in [0.25, 0.3) is 0 Å². The van der Waals surface area contributed by atoms with Crippen molar-refractivity contribution in [3.05, 3.63) is 52.4 Å². The van der Waals surface area contributed by atoms with Crippen molar-refractivity contribution < 1.29 is 4.39 Å². The fourth-order valence-electron chi connectivity index (χ4n) is 1.88. The van der Waals surface area contributed by atoms with Crippen LogP contribution >= 0.6 is 65.8 Å². The number of halogens is 4. The number of rotatable bonds is 4. The van der Waals surface area contributed by atoms with E-state index in [1.54, 1.807) is 17.4 Å². The van der Waals surface area contributed by atoms with Crippen LogP contribution in [0.3, 0.4) is 0 Å². The Kier molecular flexibility index (Phi) is 5.83. The highest BCUT2D eigenvalue weighted by Gasteiger charge is 2.20. The maximum atomic E-state index is 13.2. The van der Waals surface area contributed by atoms with Gasteiger partial charge in [-0.05, 0) is 90.3 Å². The third-order valence-corrected chi connectivity index (χ3v) is 6.00. The maximum Gasteiger partial charge on any atom is 0.124 e. The Morgan fingerprint density at radius 2 is 2.05 bits per heavy atom. The molecule has 19 heavy (non-hydrogen) atoms. The first-order valence-corrected chi connectivity index (χ1v) is 9.14. The standard InChI is InChI=1S/C13H11Br2FINS/c1-2-18-12(9-6-11(14)19-13(9)15)8-4-3-7(16)5-10(8)17/h3-6,12,18H,2H2,1H3. The van der Waals surface area contributed by atoms with Crippen LogP contribution in [0.1, 0.15) is 24.1 Å². The average Bonchev–Trinajstić information content (AvgIpc) is 2.66. The summed E-state index contributed by atoms with van der Waals surface area (Å²) >= 11 is 10.9. The molecule has 1 heterocycles. The molecule has 0 spiro atoms. The number of hydrogen-bond acceptors (Lipinski definition) is 2. The lowest BCUT2D eigenvalue weighted by molar-refractivity contribution is 0.610. The SMILES string of the molecule is CCNC(c1ccc(F)cc1I)c1cc(Br)sc1Br. The van der Waals surface area contributed by atoms with E-state index in [1.165, 1.54) is 11.6 Å². The molecule has 2 aromatic rings. The van der Waals surface area contributed by atoms with Gasteiger partial charge in [-0.3, -0.25) is 0 Å². The smallest absolute Gasteiger partial charge is 0.124 e. The van der Waals surface area contributed by atoms with E-state index >= 15 is 0 Å². The lowest BCUT2D eigenvalue weighted by Gasteiger charge is -2.19. The van der Waals surface area contributed by atoms with Crippen LogP contribution in [0.25, 0.3) is 0 Å². The van der Waals surface area contributed by atoms with Crippen molar-refractivity contribution in [2.24, 2.45) is 0 Å². The van der Waals surface area contributed by atoms with Crippen molar-refractivity contribution in [3.63, 3.8) is 0 Å². The topological polar surface area (TPSA) is 12.0 Å². The summed E-state index contributed by atoms with van der Waals surface area (Å²) in [6, 6.07) is 7.09. The van der Waals surface area contributed by atoms with Gasteiger partial charge in [0.2, 0.25) is 0 Å². The van der Waals surface area contributed by atoms with Gasteiger partial charge in [-0.2, -0.15) is 0 Å². The van der Waals surface area contributed by atoms with Gasteiger partial charge in [-0.1, -0.05) is 13.0 Å². The van der Waals surface area contributed by atoms with E-state index in [0.29, 0.717) is 0 Å². The molecule has 0 bridgehead atoms. The molecule has 1 unspecified atom stereocenters. The summed E-state index contributed by atoms with van der Waals surface area (Å²) in [5.41, 5.74) is 2.26. The summed E-state index contributed by atoms with van der Waals surface area (Å²) in [5.74, 6) is -0.200. The first-order valence-electron chi connectivity index (χ1n) is 5.66. The van der Waals surface area contributed by atoms with Crippen molar-refractivity contribution in [1.29, 1.82) is 0 Å². The van der Waals surface area contributed by atoms with Crippen LogP contribution in [0.2, 0.25) is 0 Å². The summed E-state index contributed by atoms with van der Waals surface area (Å²) in [5, 5.41) is 3.46. The minimum absolute atomic E-state index is 0.0643. The molecule has 0 aliphatic carbocycles. The largest absolute Gasteiger partial charge is 0.306 e. The van der Waals surface area contributed by atoms with Gasteiger partial charge in [-0.15, -0.1) is 11.3 Å². The van der Waals surface area contributed by atoms with Crippen LogP contribution in [0.5, 0.6) is 0 Å². The monoisotopic (exact) mass is 517 g/mol. The van der Waals surface area contributed by atoms with E-state index < -0.39 is 0 Å². The highest BCUT2D eigenvalue weighted by atomic mass is 127. The van der Waals surface area contributed by atoms with Crippen LogP contribution in [-0.4, -0.2) is 6.54 Å². The lowest BCUT2D eigenvalue weighted by Crippen LogP contribution is -2.22. The highest BCUT2D eigenvalue weighted by Crippen LogP contribution is 2.38. The Morgan fingerprint density at radius 3 is 2.58 bits per heavy atom. The molecule has 0 aliphatic heterocycles. The quantitative estimate of drug-likeness (QED) is 0.511. The molecule has 0 radical (unpaired) electrons. The molecule has 1 atom stereocenters.